The van der Waals surface area contributed by atoms with Gasteiger partial charge in [-0.3, -0.25) is 4.79 Å². The van der Waals surface area contributed by atoms with E-state index < -0.39 is 60.1 Å². The van der Waals surface area contributed by atoms with Gasteiger partial charge in [0.15, 0.2) is 12.2 Å². The molecule has 0 fully saturated rings. The van der Waals surface area contributed by atoms with Gasteiger partial charge in [0, 0.05) is 13.5 Å². The van der Waals surface area contributed by atoms with Crippen LogP contribution in [0.4, 0.5) is 9.59 Å². The number of hydrogen-bond donors (Lipinski definition) is 4. The largest absolute Gasteiger partial charge is 0.477 e. The Labute approximate surface area is 270 Å². The lowest BCUT2D eigenvalue weighted by atomic mass is 9.91. The monoisotopic (exact) mass is 659 g/mol. The SMILES string of the molecule is C#CCOCCOCCOCCOCCNC(=O)O[C@@H]([C@@H]1OC(C(=O)OC)=C[C@H](NC(=O)OC(C)(C)C)[C@H]1NC(C)=O)[C@H](O)CC. The Morgan fingerprint density at radius 2 is 1.57 bits per heavy atom. The molecule has 1 rings (SSSR count). The van der Waals surface area contributed by atoms with Crippen LogP contribution in [0.5, 0.6) is 0 Å². The van der Waals surface area contributed by atoms with Crippen LogP contribution in [-0.2, 0) is 47.5 Å². The predicted molar refractivity (Wildman–Crippen MR) is 162 cm³/mol. The lowest BCUT2D eigenvalue weighted by Crippen LogP contribution is -2.64. The third kappa shape index (κ3) is 16.6. The highest BCUT2D eigenvalue weighted by Gasteiger charge is 2.46. The second-order valence-electron chi connectivity index (χ2n) is 10.9. The molecule has 0 aliphatic carbocycles. The van der Waals surface area contributed by atoms with E-state index in [2.05, 4.69) is 21.9 Å². The molecule has 0 spiro atoms. The molecule has 1 aliphatic heterocycles. The van der Waals surface area contributed by atoms with Crippen molar-refractivity contribution in [2.45, 2.75) is 77.0 Å². The molecule has 16 heteroatoms. The van der Waals surface area contributed by atoms with E-state index in [9.17, 15) is 24.3 Å². The Bertz CT molecular complexity index is 1020. The summed E-state index contributed by atoms with van der Waals surface area (Å²) in [5.41, 5.74) is -0.848. The molecular weight excluding hydrogens is 610 g/mol. The highest BCUT2D eigenvalue weighted by molar-refractivity contribution is 5.87. The normalized spacial score (nSPS) is 18.9. The summed E-state index contributed by atoms with van der Waals surface area (Å²) in [5.74, 6) is 0.624. The first-order valence-electron chi connectivity index (χ1n) is 14.9. The second kappa shape index (κ2) is 22.0. The number of esters is 1. The average Bonchev–Trinajstić information content (AvgIpc) is 2.98. The summed E-state index contributed by atoms with van der Waals surface area (Å²) in [6.45, 7) is 10.5. The first kappa shape index (κ1) is 40.4. The zero-order valence-electron chi connectivity index (χ0n) is 27.5. The van der Waals surface area contributed by atoms with Gasteiger partial charge in [0.25, 0.3) is 0 Å². The van der Waals surface area contributed by atoms with E-state index in [-0.39, 0.29) is 38.5 Å². The number of aliphatic hydroxyl groups is 1. The lowest BCUT2D eigenvalue weighted by Gasteiger charge is -2.41. The molecule has 3 amide bonds. The Morgan fingerprint density at radius 1 is 0.978 bits per heavy atom. The molecule has 0 unspecified atom stereocenters. The van der Waals surface area contributed by atoms with E-state index in [1.807, 2.05) is 0 Å². The van der Waals surface area contributed by atoms with Gasteiger partial charge in [0.1, 0.15) is 12.2 Å². The average molecular weight is 660 g/mol. The maximum atomic E-state index is 12.8. The summed E-state index contributed by atoms with van der Waals surface area (Å²) in [6.07, 6.45) is 0.637. The molecule has 262 valence electrons. The third-order valence-corrected chi connectivity index (χ3v) is 5.96. The molecule has 16 nitrogen and oxygen atoms in total. The topological polar surface area (TPSA) is 198 Å². The van der Waals surface area contributed by atoms with Gasteiger partial charge in [0.05, 0.1) is 71.5 Å². The molecule has 0 radical (unpaired) electrons. The Balaban J connectivity index is 2.78. The fourth-order valence-corrected chi connectivity index (χ4v) is 3.98. The van der Waals surface area contributed by atoms with Gasteiger partial charge in [-0.1, -0.05) is 12.8 Å². The molecule has 1 heterocycles. The van der Waals surface area contributed by atoms with Gasteiger partial charge in [-0.05, 0) is 33.3 Å². The van der Waals surface area contributed by atoms with Crippen LogP contribution in [0.3, 0.4) is 0 Å². The summed E-state index contributed by atoms with van der Waals surface area (Å²) >= 11 is 0. The van der Waals surface area contributed by atoms with Gasteiger partial charge in [-0.15, -0.1) is 6.42 Å². The van der Waals surface area contributed by atoms with Crippen molar-refractivity contribution in [1.29, 1.82) is 0 Å². The van der Waals surface area contributed by atoms with Gasteiger partial charge < -0.3 is 59.0 Å². The van der Waals surface area contributed by atoms with Crippen molar-refractivity contribution in [3.63, 3.8) is 0 Å². The smallest absolute Gasteiger partial charge is 0.408 e. The van der Waals surface area contributed by atoms with Crippen molar-refractivity contribution in [3.05, 3.63) is 11.8 Å². The van der Waals surface area contributed by atoms with Gasteiger partial charge in [0.2, 0.25) is 11.7 Å². The van der Waals surface area contributed by atoms with E-state index in [4.69, 9.17) is 44.3 Å². The molecule has 0 aromatic heterocycles. The van der Waals surface area contributed by atoms with Gasteiger partial charge >= 0.3 is 18.2 Å². The summed E-state index contributed by atoms with van der Waals surface area (Å²) in [4.78, 5) is 50.1. The van der Waals surface area contributed by atoms with Crippen molar-refractivity contribution in [2.75, 3.05) is 66.5 Å². The van der Waals surface area contributed by atoms with Crippen LogP contribution < -0.4 is 16.0 Å². The Morgan fingerprint density at radius 3 is 2.09 bits per heavy atom. The number of carbonyl (C=O) groups is 4. The minimum atomic E-state index is -1.40. The van der Waals surface area contributed by atoms with Crippen molar-refractivity contribution in [1.82, 2.24) is 16.0 Å². The lowest BCUT2D eigenvalue weighted by molar-refractivity contribution is -0.148. The van der Waals surface area contributed by atoms with Gasteiger partial charge in [-0.25, -0.2) is 14.4 Å². The Hall–Kier alpha value is -3.62. The third-order valence-electron chi connectivity index (χ3n) is 5.96. The number of terminal acetylenes is 1. The number of carbonyl (C=O) groups excluding carboxylic acids is 4. The fourth-order valence-electron chi connectivity index (χ4n) is 3.98. The number of methoxy groups -OCH3 is 1. The summed E-state index contributed by atoms with van der Waals surface area (Å²) in [7, 11) is 1.13. The maximum absolute atomic E-state index is 12.8. The molecule has 5 atom stereocenters. The summed E-state index contributed by atoms with van der Waals surface area (Å²) in [6, 6.07) is -2.19. The van der Waals surface area contributed by atoms with Crippen molar-refractivity contribution in [3.8, 4) is 12.3 Å². The number of rotatable bonds is 20. The van der Waals surface area contributed by atoms with Crippen LogP contribution >= 0.6 is 0 Å². The van der Waals surface area contributed by atoms with E-state index in [0.717, 1.165) is 7.11 Å². The molecule has 0 aromatic rings. The predicted octanol–water partition coefficient (Wildman–Crippen LogP) is 0.405. The second-order valence-corrected chi connectivity index (χ2v) is 10.9. The number of alkyl carbamates (subject to hydrolysis) is 2. The minimum Gasteiger partial charge on any atom is -0.477 e. The number of ether oxygens (including phenoxy) is 8. The van der Waals surface area contributed by atoms with Crippen LogP contribution in [0, 0.1) is 12.3 Å². The molecule has 0 bridgehead atoms. The molecular formula is C30H49N3O13. The quantitative estimate of drug-likeness (QED) is 0.0607. The first-order valence-corrected chi connectivity index (χ1v) is 14.9. The van der Waals surface area contributed by atoms with Crippen LogP contribution in [0.1, 0.15) is 41.0 Å². The number of hydrogen-bond acceptors (Lipinski definition) is 13. The molecule has 0 saturated carbocycles. The van der Waals surface area contributed by atoms with Gasteiger partial charge in [-0.2, -0.15) is 0 Å². The fraction of sp³-hybridized carbons (Fsp3) is 0.733. The zero-order valence-corrected chi connectivity index (χ0v) is 27.5. The highest BCUT2D eigenvalue weighted by Crippen LogP contribution is 2.26. The van der Waals surface area contributed by atoms with Crippen molar-refractivity contribution < 1.29 is 62.2 Å². The Kier molecular flexibility index (Phi) is 19.3. The number of amides is 3. The highest BCUT2D eigenvalue weighted by atomic mass is 16.6. The van der Waals surface area contributed by atoms with Crippen molar-refractivity contribution in [2.24, 2.45) is 0 Å². The van der Waals surface area contributed by atoms with Crippen LogP contribution in [-0.4, -0.2) is 132 Å². The van der Waals surface area contributed by atoms with E-state index in [1.54, 1.807) is 27.7 Å². The molecule has 0 saturated heterocycles. The van der Waals surface area contributed by atoms with E-state index >= 15 is 0 Å². The number of aliphatic hydroxyl groups excluding tert-OH is 1. The standard InChI is InChI=1S/C30H49N3O13/c1-8-11-40-13-15-42-17-18-43-16-14-41-12-10-31-28(37)45-25(22(35)9-2)26-24(32-20(3)34)21(19-23(44-26)27(36)39-7)33-29(38)46-30(4,5)6/h1,19,21-22,24-26,35H,9-18H2,2-7H3,(H,31,37)(H,32,34)(H,33,38)/t21-,22+,24+,25+,26+/m0/s1. The minimum absolute atomic E-state index is 0.0608. The maximum Gasteiger partial charge on any atom is 0.408 e. The zero-order chi connectivity index (χ0) is 34.5. The molecule has 0 aromatic carbocycles. The molecule has 46 heavy (non-hydrogen) atoms. The summed E-state index contributed by atoms with van der Waals surface area (Å²) < 4.78 is 42.7. The van der Waals surface area contributed by atoms with E-state index in [1.165, 1.54) is 13.0 Å². The van der Waals surface area contributed by atoms with Crippen LogP contribution in [0.2, 0.25) is 0 Å². The van der Waals surface area contributed by atoms with Crippen LogP contribution in [0.15, 0.2) is 11.8 Å². The number of nitrogens with one attached hydrogen (secondary N) is 3. The first-order chi connectivity index (χ1) is 21.8. The van der Waals surface area contributed by atoms with Crippen molar-refractivity contribution >= 4 is 24.1 Å². The molecule has 1 aliphatic rings. The summed E-state index contributed by atoms with van der Waals surface area (Å²) in [5, 5.41) is 18.6. The molecule has 4 N–H and O–H groups in total. The van der Waals surface area contributed by atoms with E-state index in [0.29, 0.717) is 33.0 Å². The van der Waals surface area contributed by atoms with Crippen LogP contribution in [0.25, 0.3) is 0 Å².